The average molecular weight is 260 g/mol. The Morgan fingerprint density at radius 2 is 1.56 bits per heavy atom. The number of rotatable bonds is 11. The average Bonchev–Trinajstić information content (AvgIpc) is 2.31. The third-order valence-corrected chi connectivity index (χ3v) is 3.05. The van der Waals surface area contributed by atoms with Gasteiger partial charge in [0, 0.05) is 13.2 Å². The zero-order chi connectivity index (χ0) is 14.0. The number of carbonyl (C=O) groups is 2. The van der Waals surface area contributed by atoms with Gasteiger partial charge >= 0.3 is 11.9 Å². The maximum Gasteiger partial charge on any atom is 0.320 e. The monoisotopic (exact) mass is 260 g/mol. The van der Waals surface area contributed by atoms with E-state index >= 15 is 0 Å². The lowest BCUT2D eigenvalue weighted by Crippen LogP contribution is -2.36. The van der Waals surface area contributed by atoms with Gasteiger partial charge in [0.05, 0.1) is 0 Å². The van der Waals surface area contributed by atoms with Crippen LogP contribution in [-0.4, -0.2) is 35.4 Å². The minimum atomic E-state index is -1.66. The summed E-state index contributed by atoms with van der Waals surface area (Å²) in [7, 11) is 0. The number of carboxylic acids is 2. The summed E-state index contributed by atoms with van der Waals surface area (Å²) >= 11 is 0. The van der Waals surface area contributed by atoms with Crippen molar-refractivity contribution in [3.05, 3.63) is 0 Å². The molecule has 2 N–H and O–H groups in total. The Hall–Kier alpha value is -1.10. The van der Waals surface area contributed by atoms with Crippen molar-refractivity contribution in [2.75, 3.05) is 13.2 Å². The maximum absolute atomic E-state index is 10.9. The standard InChI is InChI=1S/C13H24O5/c1-3-4-9-18-10-7-5-6-8-13(2,11(14)15)12(16)17/h3-10H2,1-2H3,(H,14,15)(H,16,17). The molecule has 0 atom stereocenters. The Bertz CT molecular complexity index is 248. The Morgan fingerprint density at radius 1 is 1.00 bits per heavy atom. The molecule has 0 radical (unpaired) electrons. The van der Waals surface area contributed by atoms with E-state index in [1.54, 1.807) is 0 Å². The van der Waals surface area contributed by atoms with Gasteiger partial charge in [-0.05, 0) is 26.2 Å². The van der Waals surface area contributed by atoms with Crippen LogP contribution in [0, 0.1) is 5.41 Å². The molecule has 0 amide bonds. The van der Waals surface area contributed by atoms with E-state index in [4.69, 9.17) is 14.9 Å². The van der Waals surface area contributed by atoms with Crippen molar-refractivity contribution in [1.29, 1.82) is 0 Å². The molecule has 0 saturated carbocycles. The molecule has 0 aromatic heterocycles. The van der Waals surface area contributed by atoms with Crippen molar-refractivity contribution in [2.24, 2.45) is 5.41 Å². The first-order valence-corrected chi connectivity index (χ1v) is 6.49. The van der Waals surface area contributed by atoms with Gasteiger partial charge < -0.3 is 14.9 Å². The largest absolute Gasteiger partial charge is 0.480 e. The minimum Gasteiger partial charge on any atom is -0.480 e. The fraction of sp³-hybridized carbons (Fsp3) is 0.846. The predicted octanol–water partition coefficient (Wildman–Crippen LogP) is 2.54. The van der Waals surface area contributed by atoms with Crippen molar-refractivity contribution in [3.63, 3.8) is 0 Å². The molecular formula is C13H24O5. The SMILES string of the molecule is CCCCOCCCCCC(C)(C(=O)O)C(=O)O. The first-order valence-electron chi connectivity index (χ1n) is 6.49. The zero-order valence-corrected chi connectivity index (χ0v) is 11.3. The van der Waals surface area contributed by atoms with E-state index in [1.165, 1.54) is 6.92 Å². The van der Waals surface area contributed by atoms with Gasteiger partial charge in [0.25, 0.3) is 0 Å². The number of unbranched alkanes of at least 4 members (excludes halogenated alkanes) is 3. The molecule has 0 aromatic carbocycles. The van der Waals surface area contributed by atoms with Gasteiger partial charge in [-0.2, -0.15) is 0 Å². The van der Waals surface area contributed by atoms with Crippen molar-refractivity contribution in [2.45, 2.75) is 52.4 Å². The lowest BCUT2D eigenvalue weighted by atomic mass is 9.85. The Kier molecular flexibility index (Phi) is 8.37. The van der Waals surface area contributed by atoms with Crippen LogP contribution in [0.5, 0.6) is 0 Å². The third-order valence-electron chi connectivity index (χ3n) is 3.05. The second kappa shape index (κ2) is 8.91. The quantitative estimate of drug-likeness (QED) is 0.440. The molecule has 106 valence electrons. The smallest absolute Gasteiger partial charge is 0.320 e. The van der Waals surface area contributed by atoms with E-state index in [-0.39, 0.29) is 6.42 Å². The van der Waals surface area contributed by atoms with Crippen LogP contribution in [0.15, 0.2) is 0 Å². The topological polar surface area (TPSA) is 83.8 Å². The van der Waals surface area contributed by atoms with Crippen molar-refractivity contribution in [1.82, 2.24) is 0 Å². The van der Waals surface area contributed by atoms with E-state index < -0.39 is 17.4 Å². The highest BCUT2D eigenvalue weighted by atomic mass is 16.5. The van der Waals surface area contributed by atoms with E-state index in [2.05, 4.69) is 6.92 Å². The normalized spacial score (nSPS) is 11.4. The molecular weight excluding hydrogens is 236 g/mol. The van der Waals surface area contributed by atoms with Crippen LogP contribution >= 0.6 is 0 Å². The van der Waals surface area contributed by atoms with Crippen LogP contribution in [-0.2, 0) is 14.3 Å². The molecule has 0 bridgehead atoms. The summed E-state index contributed by atoms with van der Waals surface area (Å²) in [6, 6.07) is 0. The predicted molar refractivity (Wildman–Crippen MR) is 67.6 cm³/mol. The summed E-state index contributed by atoms with van der Waals surface area (Å²) in [6.45, 7) is 4.78. The van der Waals surface area contributed by atoms with Gasteiger partial charge in [0.15, 0.2) is 5.41 Å². The first-order chi connectivity index (χ1) is 8.45. The molecule has 0 spiro atoms. The Morgan fingerprint density at radius 3 is 2.06 bits per heavy atom. The molecule has 0 heterocycles. The number of carboxylic acid groups (broad SMARTS) is 2. The molecule has 0 fully saturated rings. The van der Waals surface area contributed by atoms with E-state index in [1.807, 2.05) is 0 Å². The summed E-state index contributed by atoms with van der Waals surface area (Å²) in [5, 5.41) is 17.8. The lowest BCUT2D eigenvalue weighted by molar-refractivity contribution is -0.163. The molecule has 0 saturated heterocycles. The number of hydrogen-bond donors (Lipinski definition) is 2. The van der Waals surface area contributed by atoms with Crippen LogP contribution in [0.3, 0.4) is 0 Å². The van der Waals surface area contributed by atoms with Crippen LogP contribution in [0.2, 0.25) is 0 Å². The van der Waals surface area contributed by atoms with Gasteiger partial charge in [-0.1, -0.05) is 26.2 Å². The Balaban J connectivity index is 3.70. The van der Waals surface area contributed by atoms with Crippen molar-refractivity contribution >= 4 is 11.9 Å². The maximum atomic E-state index is 10.9. The summed E-state index contributed by atoms with van der Waals surface area (Å²) < 4.78 is 5.37. The zero-order valence-electron chi connectivity index (χ0n) is 11.3. The van der Waals surface area contributed by atoms with E-state index in [0.717, 1.165) is 32.3 Å². The molecule has 0 aliphatic rings. The van der Waals surface area contributed by atoms with Gasteiger partial charge in [-0.3, -0.25) is 9.59 Å². The van der Waals surface area contributed by atoms with Crippen LogP contribution < -0.4 is 0 Å². The third kappa shape index (κ3) is 6.00. The lowest BCUT2D eigenvalue weighted by Gasteiger charge is -2.19. The minimum absolute atomic E-state index is 0.159. The summed E-state index contributed by atoms with van der Waals surface area (Å²) in [4.78, 5) is 21.8. The molecule has 0 rings (SSSR count). The first kappa shape index (κ1) is 16.9. The van der Waals surface area contributed by atoms with Crippen LogP contribution in [0.25, 0.3) is 0 Å². The summed E-state index contributed by atoms with van der Waals surface area (Å²) in [5.41, 5.74) is -1.66. The summed E-state index contributed by atoms with van der Waals surface area (Å²) in [5.74, 6) is -2.54. The molecule has 0 aromatic rings. The molecule has 5 nitrogen and oxygen atoms in total. The number of aliphatic carboxylic acids is 2. The highest BCUT2D eigenvalue weighted by Crippen LogP contribution is 2.25. The second-order valence-corrected chi connectivity index (χ2v) is 4.72. The molecule has 0 aliphatic carbocycles. The van der Waals surface area contributed by atoms with Gasteiger partial charge in [-0.15, -0.1) is 0 Å². The summed E-state index contributed by atoms with van der Waals surface area (Å²) in [6.07, 6.45) is 4.55. The second-order valence-electron chi connectivity index (χ2n) is 4.72. The van der Waals surface area contributed by atoms with Crippen molar-refractivity contribution in [3.8, 4) is 0 Å². The number of ether oxygens (including phenoxy) is 1. The van der Waals surface area contributed by atoms with Crippen molar-refractivity contribution < 1.29 is 24.5 Å². The number of hydrogen-bond acceptors (Lipinski definition) is 3. The fourth-order valence-corrected chi connectivity index (χ4v) is 1.51. The fourth-order valence-electron chi connectivity index (χ4n) is 1.51. The Labute approximate surface area is 108 Å². The van der Waals surface area contributed by atoms with Crippen LogP contribution in [0.1, 0.15) is 52.4 Å². The van der Waals surface area contributed by atoms with Gasteiger partial charge in [0.2, 0.25) is 0 Å². The molecule has 0 aliphatic heterocycles. The van der Waals surface area contributed by atoms with Gasteiger partial charge in [-0.25, -0.2) is 0 Å². The molecule has 5 heteroatoms. The molecule has 18 heavy (non-hydrogen) atoms. The van der Waals surface area contributed by atoms with E-state index in [0.29, 0.717) is 13.0 Å². The molecule has 0 unspecified atom stereocenters. The van der Waals surface area contributed by atoms with Gasteiger partial charge in [0.1, 0.15) is 0 Å². The van der Waals surface area contributed by atoms with Crippen LogP contribution in [0.4, 0.5) is 0 Å². The van der Waals surface area contributed by atoms with E-state index in [9.17, 15) is 9.59 Å². The highest BCUT2D eigenvalue weighted by molar-refractivity contribution is 5.97. The highest BCUT2D eigenvalue weighted by Gasteiger charge is 2.40.